The van der Waals surface area contributed by atoms with Crippen molar-refractivity contribution in [2.24, 2.45) is 17.6 Å². The molecule has 0 aliphatic carbocycles. The monoisotopic (exact) mass is 324 g/mol. The first-order valence-electron chi connectivity index (χ1n) is 9.00. The van der Waals surface area contributed by atoms with Crippen LogP contribution in [0.25, 0.3) is 0 Å². The lowest BCUT2D eigenvalue weighted by atomic mass is 9.91. The summed E-state index contributed by atoms with van der Waals surface area (Å²) in [4.78, 5) is 27.7. The van der Waals surface area contributed by atoms with Crippen LogP contribution >= 0.6 is 0 Å². The van der Waals surface area contributed by atoms with Crippen LogP contribution in [0.2, 0.25) is 0 Å². The Morgan fingerprint density at radius 3 is 2.57 bits per heavy atom. The van der Waals surface area contributed by atoms with Gasteiger partial charge in [-0.3, -0.25) is 9.59 Å². The van der Waals surface area contributed by atoms with Gasteiger partial charge < -0.3 is 20.9 Å². The van der Waals surface area contributed by atoms with Gasteiger partial charge in [0.25, 0.3) is 0 Å². The minimum atomic E-state index is -0.316. The molecule has 0 spiro atoms. The number of carbonyl (C=O) groups is 2. The van der Waals surface area contributed by atoms with Crippen LogP contribution in [0.3, 0.4) is 0 Å². The van der Waals surface area contributed by atoms with Crippen molar-refractivity contribution >= 4 is 11.8 Å². The number of primary amides is 1. The van der Waals surface area contributed by atoms with Crippen molar-refractivity contribution in [1.82, 2.24) is 15.1 Å². The molecule has 0 aromatic carbocycles. The zero-order valence-corrected chi connectivity index (χ0v) is 14.4. The zero-order chi connectivity index (χ0) is 16.7. The van der Waals surface area contributed by atoms with E-state index in [0.29, 0.717) is 17.7 Å². The number of carbonyl (C=O) groups excluding carboxylic acids is 2. The lowest BCUT2D eigenvalue weighted by Gasteiger charge is -2.35. The van der Waals surface area contributed by atoms with Gasteiger partial charge in [0, 0.05) is 19.5 Å². The summed E-state index contributed by atoms with van der Waals surface area (Å²) in [7, 11) is 2.15. The van der Waals surface area contributed by atoms with Gasteiger partial charge >= 0.3 is 0 Å². The first-order valence-corrected chi connectivity index (χ1v) is 9.00. The number of hydrogen-bond donors (Lipinski definition) is 2. The topological polar surface area (TPSA) is 78.7 Å². The molecule has 132 valence electrons. The maximum Gasteiger partial charge on any atom is 0.231 e. The Morgan fingerprint density at radius 2 is 1.87 bits per heavy atom. The predicted octanol–water partition coefficient (Wildman–Crippen LogP) is 0.422. The Bertz CT molecular complexity index is 394. The fourth-order valence-electron chi connectivity index (χ4n) is 3.69. The van der Waals surface area contributed by atoms with E-state index in [2.05, 4.69) is 22.2 Å². The molecule has 6 heteroatoms. The summed E-state index contributed by atoms with van der Waals surface area (Å²) >= 11 is 0. The van der Waals surface area contributed by atoms with Crippen molar-refractivity contribution in [3.05, 3.63) is 0 Å². The fourth-order valence-corrected chi connectivity index (χ4v) is 3.69. The van der Waals surface area contributed by atoms with Crippen molar-refractivity contribution in [3.8, 4) is 0 Å². The van der Waals surface area contributed by atoms with E-state index in [-0.39, 0.29) is 12.5 Å². The van der Waals surface area contributed by atoms with Crippen LogP contribution in [0.1, 0.15) is 38.5 Å². The van der Waals surface area contributed by atoms with Crippen LogP contribution in [0.15, 0.2) is 0 Å². The average Bonchev–Trinajstić information content (AvgIpc) is 2.54. The van der Waals surface area contributed by atoms with Crippen LogP contribution in [0.4, 0.5) is 0 Å². The number of rotatable bonds is 7. The standard InChI is InChI=1S/C17H32N4O2/c1-20-9-5-14(6-10-20)11-17(23)21-8-2-3-15(13-21)4-7-19-12-16(18)22/h14-15,19H,2-13H2,1H3,(H2,18,22). The molecule has 2 aliphatic heterocycles. The third-order valence-electron chi connectivity index (χ3n) is 5.20. The summed E-state index contributed by atoms with van der Waals surface area (Å²) < 4.78 is 0. The Labute approximate surface area is 139 Å². The van der Waals surface area contributed by atoms with E-state index in [0.717, 1.165) is 64.8 Å². The van der Waals surface area contributed by atoms with Crippen LogP contribution in [0, 0.1) is 11.8 Å². The van der Waals surface area contributed by atoms with Crippen molar-refractivity contribution in [2.45, 2.75) is 38.5 Å². The smallest absolute Gasteiger partial charge is 0.231 e. The lowest BCUT2D eigenvalue weighted by Crippen LogP contribution is -2.42. The molecule has 0 aromatic rings. The van der Waals surface area contributed by atoms with Gasteiger partial charge in [-0.2, -0.15) is 0 Å². The van der Waals surface area contributed by atoms with Crippen molar-refractivity contribution < 1.29 is 9.59 Å². The second-order valence-electron chi connectivity index (χ2n) is 7.23. The molecule has 6 nitrogen and oxygen atoms in total. The van der Waals surface area contributed by atoms with E-state index in [4.69, 9.17) is 5.73 Å². The van der Waals surface area contributed by atoms with Gasteiger partial charge in [0.2, 0.25) is 11.8 Å². The average molecular weight is 324 g/mol. The van der Waals surface area contributed by atoms with Gasteiger partial charge in [0.05, 0.1) is 6.54 Å². The number of nitrogens with zero attached hydrogens (tertiary/aromatic N) is 2. The lowest BCUT2D eigenvalue weighted by molar-refractivity contribution is -0.134. The molecule has 0 aromatic heterocycles. The van der Waals surface area contributed by atoms with Gasteiger partial charge in [-0.1, -0.05) is 0 Å². The van der Waals surface area contributed by atoms with Gasteiger partial charge in [-0.05, 0) is 70.6 Å². The third-order valence-corrected chi connectivity index (χ3v) is 5.20. The van der Waals surface area contributed by atoms with Gasteiger partial charge in [0.1, 0.15) is 0 Å². The number of amides is 2. The van der Waals surface area contributed by atoms with E-state index in [1.54, 1.807) is 0 Å². The van der Waals surface area contributed by atoms with Crippen LogP contribution < -0.4 is 11.1 Å². The molecule has 1 unspecified atom stereocenters. The number of hydrogen-bond acceptors (Lipinski definition) is 4. The highest BCUT2D eigenvalue weighted by atomic mass is 16.2. The minimum absolute atomic E-state index is 0.242. The Kier molecular flexibility index (Phi) is 7.30. The third kappa shape index (κ3) is 6.47. The summed E-state index contributed by atoms with van der Waals surface area (Å²) in [6.07, 6.45) is 6.30. The summed E-state index contributed by atoms with van der Waals surface area (Å²) in [5.41, 5.74) is 5.11. The van der Waals surface area contributed by atoms with Gasteiger partial charge in [-0.25, -0.2) is 0 Å². The first-order chi connectivity index (χ1) is 11.0. The largest absolute Gasteiger partial charge is 0.369 e. The maximum absolute atomic E-state index is 12.5. The molecular weight excluding hydrogens is 292 g/mol. The number of nitrogens with one attached hydrogen (secondary N) is 1. The number of piperidine rings is 2. The second-order valence-corrected chi connectivity index (χ2v) is 7.23. The van der Waals surface area contributed by atoms with Crippen molar-refractivity contribution in [3.63, 3.8) is 0 Å². The highest BCUT2D eigenvalue weighted by Gasteiger charge is 2.26. The predicted molar refractivity (Wildman–Crippen MR) is 90.8 cm³/mol. The summed E-state index contributed by atoms with van der Waals surface area (Å²) in [5.74, 6) is 1.14. The number of nitrogens with two attached hydrogens (primary N) is 1. The minimum Gasteiger partial charge on any atom is -0.369 e. The van der Waals surface area contributed by atoms with E-state index in [1.807, 2.05) is 0 Å². The zero-order valence-electron chi connectivity index (χ0n) is 14.4. The highest BCUT2D eigenvalue weighted by Crippen LogP contribution is 2.24. The summed E-state index contributed by atoms with van der Waals surface area (Å²) in [6, 6.07) is 0. The normalized spacial score (nSPS) is 23.9. The molecule has 23 heavy (non-hydrogen) atoms. The van der Waals surface area contributed by atoms with Crippen LogP contribution in [-0.4, -0.2) is 67.9 Å². The van der Waals surface area contributed by atoms with Crippen LogP contribution in [-0.2, 0) is 9.59 Å². The fraction of sp³-hybridized carbons (Fsp3) is 0.882. The molecule has 0 saturated carbocycles. The second kappa shape index (κ2) is 9.23. The maximum atomic E-state index is 12.5. The van der Waals surface area contributed by atoms with Crippen molar-refractivity contribution in [2.75, 3.05) is 46.3 Å². The van der Waals surface area contributed by atoms with E-state index in [1.165, 1.54) is 6.42 Å². The Morgan fingerprint density at radius 1 is 1.13 bits per heavy atom. The van der Waals surface area contributed by atoms with Gasteiger partial charge in [0.15, 0.2) is 0 Å². The van der Waals surface area contributed by atoms with Gasteiger partial charge in [-0.15, -0.1) is 0 Å². The molecule has 0 bridgehead atoms. The molecule has 2 heterocycles. The molecule has 2 amide bonds. The van der Waals surface area contributed by atoms with E-state index >= 15 is 0 Å². The Balaban J connectivity index is 1.68. The first kappa shape index (κ1) is 18.2. The van der Waals surface area contributed by atoms with Crippen molar-refractivity contribution in [1.29, 1.82) is 0 Å². The molecule has 2 rings (SSSR count). The molecule has 2 fully saturated rings. The van der Waals surface area contributed by atoms with Crippen LogP contribution in [0.5, 0.6) is 0 Å². The number of likely N-dealkylation sites (tertiary alicyclic amines) is 2. The summed E-state index contributed by atoms with van der Waals surface area (Å²) in [5, 5.41) is 3.06. The Hall–Kier alpha value is -1.14. The molecule has 3 N–H and O–H groups in total. The molecular formula is C17H32N4O2. The quantitative estimate of drug-likeness (QED) is 0.665. The molecule has 2 saturated heterocycles. The molecule has 0 radical (unpaired) electrons. The molecule has 1 atom stereocenters. The SMILES string of the molecule is CN1CCC(CC(=O)N2CCCC(CCNCC(N)=O)C2)CC1. The highest BCUT2D eigenvalue weighted by molar-refractivity contribution is 5.76. The summed E-state index contributed by atoms with van der Waals surface area (Å²) in [6.45, 7) is 5.06. The van der Waals surface area contributed by atoms with E-state index < -0.39 is 0 Å². The van der Waals surface area contributed by atoms with E-state index in [9.17, 15) is 9.59 Å². The molecule has 2 aliphatic rings.